The van der Waals surface area contributed by atoms with Crippen molar-refractivity contribution in [2.24, 2.45) is 0 Å². The van der Waals surface area contributed by atoms with Crippen molar-refractivity contribution >= 4 is 0 Å². The van der Waals surface area contributed by atoms with Gasteiger partial charge in [0.2, 0.25) is 0 Å². The molecule has 0 saturated carbocycles. The zero-order chi connectivity index (χ0) is 12.5. The number of nitrogens with zero attached hydrogens (tertiary/aromatic N) is 1. The molecule has 3 nitrogen and oxygen atoms in total. The van der Waals surface area contributed by atoms with Crippen LogP contribution < -0.4 is 5.32 Å². The molecule has 3 heteroatoms. The van der Waals surface area contributed by atoms with Crippen LogP contribution in [-0.2, 0) is 0 Å². The number of benzene rings is 1. The van der Waals surface area contributed by atoms with E-state index in [9.17, 15) is 0 Å². The Balaban J connectivity index is 1.92. The number of aromatic nitrogens is 1. The molecule has 2 heterocycles. The lowest BCUT2D eigenvalue weighted by atomic mass is 10.0. The summed E-state index contributed by atoms with van der Waals surface area (Å²) in [4.78, 5) is 0. The molecule has 0 aliphatic carbocycles. The van der Waals surface area contributed by atoms with Gasteiger partial charge in [-0.15, -0.1) is 0 Å². The normalized spacial score (nSPS) is 19.3. The number of nitrogens with one attached hydrogen (secondary N) is 1. The number of aryl methyl sites for hydroxylation is 2. The minimum absolute atomic E-state index is 0.345. The summed E-state index contributed by atoms with van der Waals surface area (Å²) in [7, 11) is 0. The predicted molar refractivity (Wildman–Crippen MR) is 71.4 cm³/mol. The maximum atomic E-state index is 5.47. The Bertz CT molecular complexity index is 533. The molecule has 0 amide bonds. The van der Waals surface area contributed by atoms with E-state index in [4.69, 9.17) is 4.52 Å². The molecule has 1 aromatic carbocycles. The molecule has 1 fully saturated rings. The van der Waals surface area contributed by atoms with Crippen LogP contribution in [-0.4, -0.2) is 11.7 Å². The molecule has 0 bridgehead atoms. The number of hydrogen-bond donors (Lipinski definition) is 1. The van der Waals surface area contributed by atoms with Crippen LogP contribution >= 0.6 is 0 Å². The maximum Gasteiger partial charge on any atom is 0.154 e. The summed E-state index contributed by atoms with van der Waals surface area (Å²) in [5, 5.41) is 7.62. The van der Waals surface area contributed by atoms with Crippen molar-refractivity contribution in [2.75, 3.05) is 6.54 Å². The average Bonchev–Trinajstić information content (AvgIpc) is 2.99. The fourth-order valence-corrected chi connectivity index (χ4v) is 2.64. The highest BCUT2D eigenvalue weighted by molar-refractivity contribution is 5.61. The van der Waals surface area contributed by atoms with E-state index >= 15 is 0 Å². The molecule has 1 aromatic heterocycles. The van der Waals surface area contributed by atoms with Crippen molar-refractivity contribution in [3.63, 3.8) is 0 Å². The molecule has 0 unspecified atom stereocenters. The molecule has 1 atom stereocenters. The van der Waals surface area contributed by atoms with Gasteiger partial charge in [-0.2, -0.15) is 0 Å². The van der Waals surface area contributed by atoms with Crippen LogP contribution in [0.15, 0.2) is 28.8 Å². The Hall–Kier alpha value is -1.61. The lowest BCUT2D eigenvalue weighted by Gasteiger charge is -2.03. The first kappa shape index (κ1) is 11.5. The second kappa shape index (κ2) is 4.58. The smallest absolute Gasteiger partial charge is 0.154 e. The molecule has 18 heavy (non-hydrogen) atoms. The Morgan fingerprint density at radius 2 is 1.94 bits per heavy atom. The van der Waals surface area contributed by atoms with E-state index in [-0.39, 0.29) is 0 Å². The highest BCUT2D eigenvalue weighted by atomic mass is 16.5. The second-order valence-corrected chi connectivity index (χ2v) is 5.14. The van der Waals surface area contributed by atoms with E-state index in [1.54, 1.807) is 0 Å². The summed E-state index contributed by atoms with van der Waals surface area (Å²) in [6, 6.07) is 8.88. The van der Waals surface area contributed by atoms with Crippen molar-refractivity contribution < 1.29 is 4.52 Å². The van der Waals surface area contributed by atoms with E-state index in [1.807, 2.05) is 0 Å². The zero-order valence-electron chi connectivity index (χ0n) is 10.9. The number of hydrogen-bond acceptors (Lipinski definition) is 3. The van der Waals surface area contributed by atoms with E-state index in [0.717, 1.165) is 30.0 Å². The van der Waals surface area contributed by atoms with Gasteiger partial charge in [0.05, 0.1) is 6.04 Å². The monoisotopic (exact) mass is 242 g/mol. The molecular weight excluding hydrogens is 224 g/mol. The standard InChI is InChI=1S/C15H18N2O/c1-10-6-11(2)8-12(7-10)14-9-15(18-17-14)13-4-3-5-16-13/h6-9,13,16H,3-5H2,1-2H3/t13-/m0/s1. The van der Waals surface area contributed by atoms with Gasteiger partial charge in [-0.05, 0) is 45.4 Å². The Kier molecular flexibility index (Phi) is 2.92. The van der Waals surface area contributed by atoms with Crippen LogP contribution in [0.25, 0.3) is 11.3 Å². The van der Waals surface area contributed by atoms with Crippen molar-refractivity contribution in [3.05, 3.63) is 41.2 Å². The fraction of sp³-hybridized carbons (Fsp3) is 0.400. The lowest BCUT2D eigenvalue weighted by molar-refractivity contribution is 0.353. The predicted octanol–water partition coefficient (Wildman–Crippen LogP) is 3.38. The topological polar surface area (TPSA) is 38.1 Å². The van der Waals surface area contributed by atoms with Crippen LogP contribution in [0, 0.1) is 13.8 Å². The van der Waals surface area contributed by atoms with Crippen LogP contribution in [0.1, 0.15) is 35.8 Å². The number of rotatable bonds is 2. The molecule has 0 spiro atoms. The minimum Gasteiger partial charge on any atom is -0.359 e. The summed E-state index contributed by atoms with van der Waals surface area (Å²) < 4.78 is 5.47. The largest absolute Gasteiger partial charge is 0.359 e. The first-order chi connectivity index (χ1) is 8.72. The molecule has 1 N–H and O–H groups in total. The van der Waals surface area contributed by atoms with Crippen LogP contribution in [0.4, 0.5) is 0 Å². The Morgan fingerprint density at radius 1 is 1.17 bits per heavy atom. The van der Waals surface area contributed by atoms with Gasteiger partial charge >= 0.3 is 0 Å². The first-order valence-corrected chi connectivity index (χ1v) is 6.51. The van der Waals surface area contributed by atoms with Crippen molar-refractivity contribution in [1.29, 1.82) is 0 Å². The van der Waals surface area contributed by atoms with Crippen molar-refractivity contribution in [1.82, 2.24) is 10.5 Å². The molecule has 1 aliphatic heterocycles. The van der Waals surface area contributed by atoms with E-state index < -0.39 is 0 Å². The van der Waals surface area contributed by atoms with Crippen LogP contribution in [0.2, 0.25) is 0 Å². The third-order valence-corrected chi connectivity index (χ3v) is 3.45. The molecule has 0 radical (unpaired) electrons. The average molecular weight is 242 g/mol. The first-order valence-electron chi connectivity index (χ1n) is 6.51. The fourth-order valence-electron chi connectivity index (χ4n) is 2.64. The van der Waals surface area contributed by atoms with Crippen LogP contribution in [0.5, 0.6) is 0 Å². The molecule has 3 rings (SSSR count). The second-order valence-electron chi connectivity index (χ2n) is 5.14. The van der Waals surface area contributed by atoms with Gasteiger partial charge < -0.3 is 9.84 Å². The molecule has 94 valence electrons. The van der Waals surface area contributed by atoms with Gasteiger partial charge in [-0.25, -0.2) is 0 Å². The van der Waals surface area contributed by atoms with Gasteiger partial charge in [-0.1, -0.05) is 22.3 Å². The molecule has 2 aromatic rings. The maximum absolute atomic E-state index is 5.47. The summed E-state index contributed by atoms with van der Waals surface area (Å²) in [6.07, 6.45) is 2.35. The van der Waals surface area contributed by atoms with Gasteiger partial charge in [0.25, 0.3) is 0 Å². The highest BCUT2D eigenvalue weighted by Gasteiger charge is 2.20. The summed E-state index contributed by atoms with van der Waals surface area (Å²) >= 11 is 0. The van der Waals surface area contributed by atoms with Crippen molar-refractivity contribution in [2.45, 2.75) is 32.7 Å². The van der Waals surface area contributed by atoms with Gasteiger partial charge in [-0.3, -0.25) is 0 Å². The Labute approximate surface area is 107 Å². The van der Waals surface area contributed by atoms with E-state index in [1.165, 1.54) is 17.5 Å². The van der Waals surface area contributed by atoms with E-state index in [0.29, 0.717) is 6.04 Å². The van der Waals surface area contributed by atoms with Crippen LogP contribution in [0.3, 0.4) is 0 Å². The Morgan fingerprint density at radius 3 is 2.61 bits per heavy atom. The summed E-state index contributed by atoms with van der Waals surface area (Å²) in [5.74, 6) is 0.960. The third kappa shape index (κ3) is 2.18. The van der Waals surface area contributed by atoms with Crippen molar-refractivity contribution in [3.8, 4) is 11.3 Å². The van der Waals surface area contributed by atoms with E-state index in [2.05, 4.69) is 48.6 Å². The summed E-state index contributed by atoms with van der Waals surface area (Å²) in [6.45, 7) is 5.29. The highest BCUT2D eigenvalue weighted by Crippen LogP contribution is 2.28. The molecular formula is C15H18N2O. The van der Waals surface area contributed by atoms with Gasteiger partial charge in [0.1, 0.15) is 5.69 Å². The third-order valence-electron chi connectivity index (χ3n) is 3.45. The summed E-state index contributed by atoms with van der Waals surface area (Å²) in [5.41, 5.74) is 4.59. The minimum atomic E-state index is 0.345. The SMILES string of the molecule is Cc1cc(C)cc(-c2cc([C@@H]3CCCN3)on2)c1. The molecule has 1 saturated heterocycles. The van der Waals surface area contributed by atoms with Gasteiger partial charge in [0.15, 0.2) is 5.76 Å². The quantitative estimate of drug-likeness (QED) is 0.877. The molecule has 1 aliphatic rings. The zero-order valence-corrected chi connectivity index (χ0v) is 10.9. The lowest BCUT2D eigenvalue weighted by Crippen LogP contribution is -2.11. The van der Waals surface area contributed by atoms with Gasteiger partial charge in [0, 0.05) is 11.6 Å².